The first-order valence-corrected chi connectivity index (χ1v) is 7.24. The lowest BCUT2D eigenvalue weighted by Crippen LogP contribution is -2.46. The monoisotopic (exact) mass is 293 g/mol. The van der Waals surface area contributed by atoms with Crippen molar-refractivity contribution in [2.75, 3.05) is 0 Å². The standard InChI is InChI=1S/C13H15N3O3S/c1-6-9-5-10(20-12(9)16(2)15-6)11(17)14-8-3-7(4-8)13(18)19/h5,7-8H,3-4H2,1-2H3,(H,14,17)(H,18,19). The molecule has 0 spiro atoms. The lowest BCUT2D eigenvalue weighted by atomic mass is 9.80. The van der Waals surface area contributed by atoms with E-state index in [1.165, 1.54) is 11.3 Å². The van der Waals surface area contributed by atoms with Crippen molar-refractivity contribution in [2.45, 2.75) is 25.8 Å². The molecule has 0 aliphatic heterocycles. The van der Waals surface area contributed by atoms with Crippen LogP contribution in [-0.2, 0) is 11.8 Å². The van der Waals surface area contributed by atoms with Crippen molar-refractivity contribution in [3.8, 4) is 0 Å². The van der Waals surface area contributed by atoms with Gasteiger partial charge in [0.05, 0.1) is 16.5 Å². The van der Waals surface area contributed by atoms with E-state index in [0.29, 0.717) is 17.7 Å². The fourth-order valence-corrected chi connectivity index (χ4v) is 3.54. The minimum atomic E-state index is -0.779. The number of nitrogens with one attached hydrogen (secondary N) is 1. The maximum Gasteiger partial charge on any atom is 0.306 e. The molecule has 1 aliphatic rings. The van der Waals surface area contributed by atoms with E-state index >= 15 is 0 Å². The summed E-state index contributed by atoms with van der Waals surface area (Å²) in [4.78, 5) is 24.5. The van der Waals surface area contributed by atoms with Crippen molar-refractivity contribution in [1.82, 2.24) is 15.1 Å². The second-order valence-corrected chi connectivity index (χ2v) is 6.25. The predicted molar refractivity (Wildman–Crippen MR) is 74.9 cm³/mol. The topological polar surface area (TPSA) is 84.2 Å². The summed E-state index contributed by atoms with van der Waals surface area (Å²) in [6.07, 6.45) is 1.04. The molecule has 1 saturated carbocycles. The molecule has 2 N–H and O–H groups in total. The van der Waals surface area contributed by atoms with Crippen molar-refractivity contribution in [3.05, 3.63) is 16.6 Å². The zero-order valence-electron chi connectivity index (χ0n) is 11.2. The van der Waals surface area contributed by atoms with Gasteiger partial charge in [-0.1, -0.05) is 0 Å². The third-order valence-corrected chi connectivity index (χ3v) is 4.94. The van der Waals surface area contributed by atoms with E-state index < -0.39 is 5.97 Å². The molecule has 3 rings (SSSR count). The van der Waals surface area contributed by atoms with Gasteiger partial charge in [0.2, 0.25) is 0 Å². The summed E-state index contributed by atoms with van der Waals surface area (Å²) in [7, 11) is 1.86. The smallest absolute Gasteiger partial charge is 0.306 e. The van der Waals surface area contributed by atoms with E-state index in [2.05, 4.69) is 10.4 Å². The van der Waals surface area contributed by atoms with Crippen LogP contribution in [0.3, 0.4) is 0 Å². The molecule has 0 bridgehead atoms. The van der Waals surface area contributed by atoms with Crippen molar-refractivity contribution in [1.29, 1.82) is 0 Å². The molecule has 1 amide bonds. The summed E-state index contributed by atoms with van der Waals surface area (Å²) < 4.78 is 1.77. The Labute approximate surface area is 119 Å². The Morgan fingerprint density at radius 2 is 2.20 bits per heavy atom. The first kappa shape index (κ1) is 13.1. The fourth-order valence-electron chi connectivity index (χ4n) is 2.51. The number of hydrogen-bond donors (Lipinski definition) is 2. The Morgan fingerprint density at radius 3 is 2.80 bits per heavy atom. The van der Waals surface area contributed by atoms with Crippen LogP contribution in [0.25, 0.3) is 10.2 Å². The molecule has 0 saturated heterocycles. The third-order valence-electron chi connectivity index (χ3n) is 3.74. The number of carboxylic acid groups (broad SMARTS) is 1. The van der Waals surface area contributed by atoms with Crippen LogP contribution in [0.15, 0.2) is 6.07 Å². The number of amides is 1. The molecular weight excluding hydrogens is 278 g/mol. The highest BCUT2D eigenvalue weighted by atomic mass is 32.1. The number of aromatic nitrogens is 2. The number of rotatable bonds is 3. The first-order chi connectivity index (χ1) is 9.45. The van der Waals surface area contributed by atoms with Crippen LogP contribution in [0, 0.1) is 12.8 Å². The van der Waals surface area contributed by atoms with E-state index in [1.54, 1.807) is 4.68 Å². The van der Waals surface area contributed by atoms with Crippen LogP contribution in [0.2, 0.25) is 0 Å². The minimum absolute atomic E-state index is 0.0203. The van der Waals surface area contributed by atoms with E-state index in [-0.39, 0.29) is 17.9 Å². The average molecular weight is 293 g/mol. The van der Waals surface area contributed by atoms with Crippen molar-refractivity contribution < 1.29 is 14.7 Å². The Hall–Kier alpha value is -1.89. The molecule has 106 valence electrons. The van der Waals surface area contributed by atoms with Gasteiger partial charge in [-0.05, 0) is 25.8 Å². The van der Waals surface area contributed by atoms with Gasteiger partial charge in [0.25, 0.3) is 5.91 Å². The Morgan fingerprint density at radius 1 is 1.50 bits per heavy atom. The van der Waals surface area contributed by atoms with E-state index in [4.69, 9.17) is 5.11 Å². The summed E-state index contributed by atoms with van der Waals surface area (Å²) in [5.74, 6) is -1.22. The van der Waals surface area contributed by atoms with Crippen molar-refractivity contribution in [2.24, 2.45) is 13.0 Å². The van der Waals surface area contributed by atoms with Gasteiger partial charge in [-0.3, -0.25) is 14.3 Å². The highest BCUT2D eigenvalue weighted by molar-refractivity contribution is 7.20. The lowest BCUT2D eigenvalue weighted by Gasteiger charge is -2.32. The number of nitrogens with zero attached hydrogens (tertiary/aromatic N) is 2. The molecule has 1 aliphatic carbocycles. The highest BCUT2D eigenvalue weighted by Gasteiger charge is 2.35. The summed E-state index contributed by atoms with van der Waals surface area (Å²) in [5, 5.41) is 17.0. The number of carbonyl (C=O) groups is 2. The molecule has 0 radical (unpaired) electrons. The minimum Gasteiger partial charge on any atom is -0.481 e. The van der Waals surface area contributed by atoms with Gasteiger partial charge in [-0.15, -0.1) is 11.3 Å². The van der Waals surface area contributed by atoms with Gasteiger partial charge in [-0.25, -0.2) is 0 Å². The second-order valence-electron chi connectivity index (χ2n) is 5.22. The highest BCUT2D eigenvalue weighted by Crippen LogP contribution is 2.30. The van der Waals surface area contributed by atoms with Gasteiger partial charge in [0.1, 0.15) is 4.83 Å². The van der Waals surface area contributed by atoms with E-state index in [1.807, 2.05) is 20.0 Å². The number of thiophene rings is 1. The largest absolute Gasteiger partial charge is 0.481 e. The molecule has 2 aromatic rings. The first-order valence-electron chi connectivity index (χ1n) is 6.42. The molecule has 7 heteroatoms. The Bertz CT molecular complexity index is 663. The van der Waals surface area contributed by atoms with Crippen LogP contribution in [0.4, 0.5) is 0 Å². The third kappa shape index (κ3) is 2.07. The van der Waals surface area contributed by atoms with Gasteiger partial charge >= 0.3 is 5.97 Å². The lowest BCUT2D eigenvalue weighted by molar-refractivity contribution is -0.145. The Kier molecular flexibility index (Phi) is 3.01. The summed E-state index contributed by atoms with van der Waals surface area (Å²) in [6.45, 7) is 1.92. The van der Waals surface area contributed by atoms with Gasteiger partial charge < -0.3 is 10.4 Å². The number of carbonyl (C=O) groups excluding carboxylic acids is 1. The van der Waals surface area contributed by atoms with Gasteiger partial charge in [-0.2, -0.15) is 5.10 Å². The Balaban J connectivity index is 1.70. The quantitative estimate of drug-likeness (QED) is 0.899. The van der Waals surface area contributed by atoms with Crippen LogP contribution < -0.4 is 5.32 Å². The zero-order chi connectivity index (χ0) is 14.4. The van der Waals surface area contributed by atoms with E-state index in [9.17, 15) is 9.59 Å². The molecule has 0 aromatic carbocycles. The van der Waals surface area contributed by atoms with Gasteiger partial charge in [0.15, 0.2) is 0 Å². The summed E-state index contributed by atoms with van der Waals surface area (Å²) in [5.41, 5.74) is 0.910. The maximum absolute atomic E-state index is 12.1. The van der Waals surface area contributed by atoms with Crippen molar-refractivity contribution in [3.63, 3.8) is 0 Å². The molecule has 2 heterocycles. The predicted octanol–water partition coefficient (Wildman–Crippen LogP) is 1.54. The van der Waals surface area contributed by atoms with E-state index in [0.717, 1.165) is 15.9 Å². The maximum atomic E-state index is 12.1. The van der Waals surface area contributed by atoms with Crippen LogP contribution in [0.5, 0.6) is 0 Å². The molecule has 0 atom stereocenters. The SMILES string of the molecule is Cc1nn(C)c2sc(C(=O)NC3CC(C(=O)O)C3)cc12. The molecule has 1 fully saturated rings. The normalized spacial score (nSPS) is 21.7. The van der Waals surface area contributed by atoms with Crippen LogP contribution in [-0.4, -0.2) is 32.8 Å². The second kappa shape index (κ2) is 4.59. The molecule has 2 aromatic heterocycles. The van der Waals surface area contributed by atoms with Crippen LogP contribution >= 0.6 is 11.3 Å². The van der Waals surface area contributed by atoms with Gasteiger partial charge in [0, 0.05) is 18.5 Å². The van der Waals surface area contributed by atoms with Crippen molar-refractivity contribution >= 4 is 33.4 Å². The fraction of sp³-hybridized carbons (Fsp3) is 0.462. The number of hydrogen-bond acceptors (Lipinski definition) is 4. The number of aryl methyl sites for hydroxylation is 2. The molecule has 20 heavy (non-hydrogen) atoms. The number of fused-ring (bicyclic) bond motifs is 1. The van der Waals surface area contributed by atoms with Crippen LogP contribution in [0.1, 0.15) is 28.2 Å². The summed E-state index contributed by atoms with van der Waals surface area (Å²) in [6, 6.07) is 1.83. The number of aliphatic carboxylic acids is 1. The summed E-state index contributed by atoms with van der Waals surface area (Å²) >= 11 is 1.41. The molecule has 0 unspecified atom stereocenters. The average Bonchev–Trinajstić information content (AvgIpc) is 2.86. The molecular formula is C13H15N3O3S. The molecule has 6 nitrogen and oxygen atoms in total. The number of carboxylic acids is 1. The zero-order valence-corrected chi connectivity index (χ0v) is 12.0.